The second-order valence-corrected chi connectivity index (χ2v) is 6.46. The summed E-state index contributed by atoms with van der Waals surface area (Å²) in [7, 11) is 0. The van der Waals surface area contributed by atoms with Crippen molar-refractivity contribution in [3.8, 4) is 5.75 Å². The van der Waals surface area contributed by atoms with Crippen molar-refractivity contribution in [3.63, 3.8) is 0 Å². The van der Waals surface area contributed by atoms with Crippen LogP contribution in [0.4, 0.5) is 0 Å². The number of rotatable bonds is 12. The van der Waals surface area contributed by atoms with E-state index < -0.39 is 0 Å². The molecule has 0 unspecified atom stereocenters. The number of oxime groups is 1. The highest BCUT2D eigenvalue weighted by atomic mass is 16.4. The Labute approximate surface area is 141 Å². The van der Waals surface area contributed by atoms with Crippen LogP contribution in [0.5, 0.6) is 5.75 Å². The third-order valence-electron chi connectivity index (χ3n) is 4.43. The van der Waals surface area contributed by atoms with Crippen molar-refractivity contribution in [2.24, 2.45) is 5.16 Å². The molecule has 3 heteroatoms. The maximum Gasteiger partial charge on any atom is 0.116 e. The highest BCUT2D eigenvalue weighted by Crippen LogP contribution is 2.20. The maximum atomic E-state index is 9.59. The van der Waals surface area contributed by atoms with Gasteiger partial charge in [-0.05, 0) is 37.5 Å². The molecular formula is C20H33NO2. The topological polar surface area (TPSA) is 52.8 Å². The Morgan fingerprint density at radius 2 is 1.48 bits per heavy atom. The van der Waals surface area contributed by atoms with Crippen molar-refractivity contribution >= 4 is 5.71 Å². The summed E-state index contributed by atoms with van der Waals surface area (Å²) in [5.74, 6) is 0.217. The lowest BCUT2D eigenvalue weighted by molar-refractivity contribution is 0.319. The number of unbranched alkanes of at least 4 members (excludes halogenated alkanes) is 9. The van der Waals surface area contributed by atoms with E-state index in [2.05, 4.69) is 12.1 Å². The van der Waals surface area contributed by atoms with Crippen molar-refractivity contribution < 1.29 is 10.3 Å². The lowest BCUT2D eigenvalue weighted by Crippen LogP contribution is -2.01. The Kier molecular flexibility index (Phi) is 10.2. The fourth-order valence-corrected chi connectivity index (χ4v) is 2.98. The van der Waals surface area contributed by atoms with Gasteiger partial charge in [0.15, 0.2) is 0 Å². The molecule has 0 bridgehead atoms. The van der Waals surface area contributed by atoms with Crippen molar-refractivity contribution in [2.45, 2.75) is 84.5 Å². The van der Waals surface area contributed by atoms with Gasteiger partial charge >= 0.3 is 0 Å². The quantitative estimate of drug-likeness (QED) is 0.213. The number of aryl methyl sites for hydroxylation is 1. The van der Waals surface area contributed by atoms with Gasteiger partial charge in [-0.1, -0.05) is 75.9 Å². The number of phenols is 1. The summed E-state index contributed by atoms with van der Waals surface area (Å²) < 4.78 is 0. The zero-order chi connectivity index (χ0) is 16.9. The molecule has 2 N–H and O–H groups in total. The van der Waals surface area contributed by atoms with Crippen LogP contribution in [0, 0.1) is 0 Å². The van der Waals surface area contributed by atoms with E-state index in [1.807, 2.05) is 6.07 Å². The molecule has 0 radical (unpaired) electrons. The Hall–Kier alpha value is -1.51. The molecule has 3 nitrogen and oxygen atoms in total. The molecule has 0 aliphatic carbocycles. The molecule has 1 rings (SSSR count). The van der Waals surface area contributed by atoms with Crippen LogP contribution in [0.15, 0.2) is 23.4 Å². The number of phenolic OH excluding ortho intramolecular Hbond substituents is 1. The fraction of sp³-hybridized carbons (Fsp3) is 0.650. The molecule has 0 saturated heterocycles. The lowest BCUT2D eigenvalue weighted by atomic mass is 9.97. The highest BCUT2D eigenvalue weighted by Gasteiger charge is 2.07. The SMILES string of the molecule is CCCCCCCCCCCCc1ccc(O)cc1C(C)=NO. The molecule has 23 heavy (non-hydrogen) atoms. The largest absolute Gasteiger partial charge is 0.508 e. The maximum absolute atomic E-state index is 9.59. The Bertz CT molecular complexity index is 469. The van der Waals surface area contributed by atoms with Gasteiger partial charge in [0.25, 0.3) is 0 Å². The summed E-state index contributed by atoms with van der Waals surface area (Å²) in [6.07, 6.45) is 14.2. The molecular weight excluding hydrogens is 286 g/mol. The van der Waals surface area contributed by atoms with E-state index >= 15 is 0 Å². The molecule has 0 heterocycles. The van der Waals surface area contributed by atoms with Crippen LogP contribution in [0.3, 0.4) is 0 Å². The minimum atomic E-state index is 0.217. The second-order valence-electron chi connectivity index (χ2n) is 6.46. The van der Waals surface area contributed by atoms with Crippen molar-refractivity contribution in [1.82, 2.24) is 0 Å². The fourth-order valence-electron chi connectivity index (χ4n) is 2.98. The Morgan fingerprint density at radius 3 is 2.04 bits per heavy atom. The van der Waals surface area contributed by atoms with E-state index in [-0.39, 0.29) is 5.75 Å². The van der Waals surface area contributed by atoms with E-state index in [1.54, 1.807) is 19.1 Å². The molecule has 0 spiro atoms. The first-order chi connectivity index (χ1) is 11.2. The zero-order valence-electron chi connectivity index (χ0n) is 14.9. The summed E-state index contributed by atoms with van der Waals surface area (Å²) in [5, 5.41) is 21.8. The first-order valence-electron chi connectivity index (χ1n) is 9.20. The lowest BCUT2D eigenvalue weighted by Gasteiger charge is -2.09. The van der Waals surface area contributed by atoms with E-state index in [9.17, 15) is 5.11 Å². The number of nitrogens with zero attached hydrogens (tertiary/aromatic N) is 1. The molecule has 0 aliphatic rings. The number of hydrogen-bond acceptors (Lipinski definition) is 3. The number of benzene rings is 1. The van der Waals surface area contributed by atoms with Gasteiger partial charge < -0.3 is 10.3 Å². The average molecular weight is 319 g/mol. The normalized spacial score (nSPS) is 11.8. The van der Waals surface area contributed by atoms with Gasteiger partial charge in [-0.3, -0.25) is 0 Å². The van der Waals surface area contributed by atoms with Crippen molar-refractivity contribution in [3.05, 3.63) is 29.3 Å². The van der Waals surface area contributed by atoms with E-state index in [0.717, 1.165) is 24.0 Å². The summed E-state index contributed by atoms with van der Waals surface area (Å²) in [6.45, 7) is 4.02. The summed E-state index contributed by atoms with van der Waals surface area (Å²) in [5.41, 5.74) is 2.56. The van der Waals surface area contributed by atoms with Crippen LogP contribution in [-0.4, -0.2) is 16.0 Å². The minimum Gasteiger partial charge on any atom is -0.508 e. The van der Waals surface area contributed by atoms with Gasteiger partial charge in [-0.2, -0.15) is 0 Å². The van der Waals surface area contributed by atoms with Gasteiger partial charge in [0.1, 0.15) is 5.75 Å². The molecule has 0 aliphatic heterocycles. The third-order valence-corrected chi connectivity index (χ3v) is 4.43. The first-order valence-corrected chi connectivity index (χ1v) is 9.20. The van der Waals surface area contributed by atoms with Gasteiger partial charge in [-0.15, -0.1) is 0 Å². The predicted octanol–water partition coefficient (Wildman–Crippen LogP) is 6.05. The second kappa shape index (κ2) is 12.0. The molecule has 0 atom stereocenters. The monoisotopic (exact) mass is 319 g/mol. The van der Waals surface area contributed by atoms with E-state index in [4.69, 9.17) is 5.21 Å². The van der Waals surface area contributed by atoms with E-state index in [1.165, 1.54) is 57.8 Å². The van der Waals surface area contributed by atoms with Crippen LogP contribution in [0.2, 0.25) is 0 Å². The minimum absolute atomic E-state index is 0.217. The molecule has 0 amide bonds. The van der Waals surface area contributed by atoms with Crippen LogP contribution >= 0.6 is 0 Å². The van der Waals surface area contributed by atoms with Gasteiger partial charge in [0, 0.05) is 5.56 Å². The Morgan fingerprint density at radius 1 is 0.913 bits per heavy atom. The van der Waals surface area contributed by atoms with Crippen molar-refractivity contribution in [1.29, 1.82) is 0 Å². The number of aromatic hydroxyl groups is 1. The van der Waals surface area contributed by atoms with Crippen LogP contribution in [-0.2, 0) is 6.42 Å². The summed E-state index contributed by atoms with van der Waals surface area (Å²) in [4.78, 5) is 0. The third kappa shape index (κ3) is 8.06. The standard InChI is InChI=1S/C20H33NO2/c1-3-4-5-6-7-8-9-10-11-12-13-18-14-15-19(22)16-20(18)17(2)21-23/h14-16,22-23H,3-13H2,1-2H3. The van der Waals surface area contributed by atoms with Crippen LogP contribution < -0.4 is 0 Å². The molecule has 1 aromatic rings. The first kappa shape index (κ1) is 19.5. The van der Waals surface area contributed by atoms with Gasteiger partial charge in [-0.25, -0.2) is 0 Å². The zero-order valence-corrected chi connectivity index (χ0v) is 14.9. The van der Waals surface area contributed by atoms with Crippen LogP contribution in [0.1, 0.15) is 89.2 Å². The summed E-state index contributed by atoms with van der Waals surface area (Å²) in [6, 6.07) is 5.33. The van der Waals surface area contributed by atoms with Gasteiger partial charge in [0.2, 0.25) is 0 Å². The van der Waals surface area contributed by atoms with Crippen LogP contribution in [0.25, 0.3) is 0 Å². The smallest absolute Gasteiger partial charge is 0.116 e. The van der Waals surface area contributed by atoms with Gasteiger partial charge in [0.05, 0.1) is 5.71 Å². The predicted molar refractivity (Wildman–Crippen MR) is 97.7 cm³/mol. The Balaban J connectivity index is 2.21. The molecule has 0 aromatic heterocycles. The molecule has 1 aromatic carbocycles. The molecule has 130 valence electrons. The summed E-state index contributed by atoms with van der Waals surface area (Å²) >= 11 is 0. The molecule has 0 saturated carbocycles. The highest BCUT2D eigenvalue weighted by molar-refractivity contribution is 5.99. The van der Waals surface area contributed by atoms with E-state index in [0.29, 0.717) is 5.71 Å². The molecule has 0 fully saturated rings. The van der Waals surface area contributed by atoms with Crippen molar-refractivity contribution in [2.75, 3.05) is 0 Å². The number of hydrogen-bond donors (Lipinski definition) is 2. The average Bonchev–Trinajstić information content (AvgIpc) is 2.56.